The van der Waals surface area contributed by atoms with Crippen molar-refractivity contribution in [2.24, 2.45) is 52.8 Å². The first kappa shape index (κ1) is 13.1. The molecular weight excluding hydrogens is 264 g/mol. The maximum atomic E-state index is 2.64. The summed E-state index contributed by atoms with van der Waals surface area (Å²) >= 11 is 0. The van der Waals surface area contributed by atoms with Crippen molar-refractivity contribution in [2.45, 2.75) is 71.6 Å². The predicted octanol–water partition coefficient (Wildman–Crippen LogP) is 5.83. The summed E-state index contributed by atoms with van der Waals surface area (Å²) in [6, 6.07) is 0. The molecule has 0 nitrogen and oxygen atoms in total. The molecule has 0 saturated heterocycles. The van der Waals surface area contributed by atoms with Crippen LogP contribution >= 0.6 is 0 Å². The van der Waals surface area contributed by atoms with Crippen molar-refractivity contribution in [3.8, 4) is 0 Å². The lowest BCUT2D eigenvalue weighted by molar-refractivity contribution is -0.0523. The van der Waals surface area contributed by atoms with Crippen molar-refractivity contribution in [1.82, 2.24) is 0 Å². The largest absolute Gasteiger partial charge is 0.0642 e. The minimum absolute atomic E-state index is 0.615. The molecule has 8 rings (SSSR count). The summed E-state index contributed by atoms with van der Waals surface area (Å²) in [7, 11) is 0. The summed E-state index contributed by atoms with van der Waals surface area (Å²) in [6.07, 6.45) is 14.2. The van der Waals surface area contributed by atoms with Gasteiger partial charge in [0.05, 0.1) is 0 Å². The van der Waals surface area contributed by atoms with E-state index in [0.29, 0.717) is 5.41 Å². The summed E-state index contributed by atoms with van der Waals surface area (Å²) in [5, 5.41) is 0. The van der Waals surface area contributed by atoms with E-state index in [1.54, 1.807) is 57.8 Å². The SMILES string of the molecule is CC1(C)C2CC3CC(C2)C(=C2C4CC5CC(C4)CC2C5)C1C3. The molecule has 8 aliphatic rings. The Labute approximate surface area is 136 Å². The maximum Gasteiger partial charge on any atom is -0.0141 e. The third kappa shape index (κ3) is 1.51. The lowest BCUT2D eigenvalue weighted by atomic mass is 9.42. The Hall–Kier alpha value is -0.260. The van der Waals surface area contributed by atoms with Crippen LogP contribution in [0, 0.1) is 52.8 Å². The van der Waals surface area contributed by atoms with Gasteiger partial charge in [0.25, 0.3) is 0 Å². The first-order chi connectivity index (χ1) is 10.6. The van der Waals surface area contributed by atoms with Crippen LogP contribution in [0.1, 0.15) is 71.6 Å². The molecule has 0 radical (unpaired) electrons. The van der Waals surface area contributed by atoms with Crippen molar-refractivity contribution < 1.29 is 0 Å². The molecule has 22 heavy (non-hydrogen) atoms. The van der Waals surface area contributed by atoms with E-state index in [4.69, 9.17) is 0 Å². The van der Waals surface area contributed by atoms with Crippen LogP contribution in [0.5, 0.6) is 0 Å². The van der Waals surface area contributed by atoms with E-state index >= 15 is 0 Å². The van der Waals surface area contributed by atoms with Gasteiger partial charge in [-0.3, -0.25) is 0 Å². The Morgan fingerprint density at radius 3 is 1.77 bits per heavy atom. The minimum Gasteiger partial charge on any atom is -0.0642 e. The molecule has 0 N–H and O–H groups in total. The first-order valence-electron chi connectivity index (χ1n) is 10.3. The smallest absolute Gasteiger partial charge is 0.0141 e. The van der Waals surface area contributed by atoms with Crippen LogP contribution in [-0.2, 0) is 0 Å². The van der Waals surface area contributed by atoms with Crippen molar-refractivity contribution >= 4 is 0 Å². The molecule has 120 valence electrons. The number of allylic oxidation sites excluding steroid dienone is 2. The Kier molecular flexibility index (Phi) is 2.40. The van der Waals surface area contributed by atoms with Gasteiger partial charge < -0.3 is 0 Å². The van der Waals surface area contributed by atoms with Crippen molar-refractivity contribution in [2.75, 3.05) is 0 Å². The van der Waals surface area contributed by atoms with Crippen LogP contribution in [-0.4, -0.2) is 0 Å². The molecule has 0 aliphatic heterocycles. The minimum atomic E-state index is 0.615. The number of rotatable bonds is 0. The van der Waals surface area contributed by atoms with Gasteiger partial charge in [0.2, 0.25) is 0 Å². The second-order valence-corrected chi connectivity index (χ2v) is 10.8. The molecular formula is C22H32. The normalized spacial score (nSPS) is 57.0. The van der Waals surface area contributed by atoms with Crippen LogP contribution in [0.3, 0.4) is 0 Å². The summed E-state index contributed by atoms with van der Waals surface area (Å²) in [5.74, 6) is 8.49. The molecule has 0 aromatic rings. The van der Waals surface area contributed by atoms with E-state index in [0.717, 1.165) is 47.3 Å². The molecule has 0 spiro atoms. The molecule has 0 aromatic carbocycles. The van der Waals surface area contributed by atoms with Gasteiger partial charge >= 0.3 is 0 Å². The average Bonchev–Trinajstić information content (AvgIpc) is 2.46. The highest BCUT2D eigenvalue weighted by Gasteiger charge is 2.57. The van der Waals surface area contributed by atoms with Gasteiger partial charge in [-0.2, -0.15) is 0 Å². The fraction of sp³-hybridized carbons (Fsp3) is 0.909. The Morgan fingerprint density at radius 2 is 1.14 bits per heavy atom. The lowest BCUT2D eigenvalue weighted by Crippen LogP contribution is -2.53. The molecule has 0 heteroatoms. The van der Waals surface area contributed by atoms with Gasteiger partial charge in [-0.1, -0.05) is 25.0 Å². The summed E-state index contributed by atoms with van der Waals surface area (Å²) < 4.78 is 0. The van der Waals surface area contributed by atoms with Gasteiger partial charge in [0, 0.05) is 0 Å². The summed E-state index contributed by atoms with van der Waals surface area (Å²) in [5.41, 5.74) is 4.80. The predicted molar refractivity (Wildman–Crippen MR) is 90.3 cm³/mol. The third-order valence-electron chi connectivity index (χ3n) is 9.49. The Bertz CT molecular complexity index is 520. The Morgan fingerprint density at radius 1 is 0.591 bits per heavy atom. The zero-order valence-corrected chi connectivity index (χ0v) is 14.5. The monoisotopic (exact) mass is 296 g/mol. The molecule has 4 atom stereocenters. The molecule has 4 unspecified atom stereocenters. The molecule has 0 heterocycles. The molecule has 0 amide bonds. The molecule has 8 saturated carbocycles. The van der Waals surface area contributed by atoms with Crippen LogP contribution in [0.15, 0.2) is 11.1 Å². The standard InChI is InChI=1S/C22H32/c1-22(2)18-9-14-8-17(11-18)21(19(22)10-14)20-15-4-12-3-13(6-15)7-16(20)5-12/h12-19H,3-11H2,1-2H3. The topological polar surface area (TPSA) is 0 Å². The number of hydrogen-bond donors (Lipinski definition) is 0. The highest BCUT2D eigenvalue weighted by atomic mass is 14.6. The molecule has 8 fully saturated rings. The van der Waals surface area contributed by atoms with E-state index in [1.807, 2.05) is 0 Å². The molecule has 8 aliphatic carbocycles. The van der Waals surface area contributed by atoms with Gasteiger partial charge in [-0.25, -0.2) is 0 Å². The summed E-state index contributed by atoms with van der Waals surface area (Å²) in [4.78, 5) is 0. The molecule has 8 bridgehead atoms. The van der Waals surface area contributed by atoms with E-state index in [2.05, 4.69) is 25.0 Å². The first-order valence-corrected chi connectivity index (χ1v) is 10.3. The molecule has 0 aromatic heterocycles. The van der Waals surface area contributed by atoms with Crippen LogP contribution in [0.25, 0.3) is 0 Å². The van der Waals surface area contributed by atoms with E-state index < -0.39 is 0 Å². The highest BCUT2D eigenvalue weighted by Crippen LogP contribution is 2.67. The van der Waals surface area contributed by atoms with Gasteiger partial charge in [0.1, 0.15) is 0 Å². The van der Waals surface area contributed by atoms with Crippen molar-refractivity contribution in [3.05, 3.63) is 11.1 Å². The second-order valence-electron chi connectivity index (χ2n) is 10.8. The van der Waals surface area contributed by atoms with Crippen LogP contribution in [0.4, 0.5) is 0 Å². The van der Waals surface area contributed by atoms with Crippen molar-refractivity contribution in [3.63, 3.8) is 0 Å². The zero-order valence-electron chi connectivity index (χ0n) is 14.5. The van der Waals surface area contributed by atoms with Gasteiger partial charge in [-0.05, 0) is 111 Å². The lowest BCUT2D eigenvalue weighted by Gasteiger charge is -2.63. The van der Waals surface area contributed by atoms with Crippen LogP contribution < -0.4 is 0 Å². The second kappa shape index (κ2) is 4.04. The number of hydrogen-bond acceptors (Lipinski definition) is 0. The maximum absolute atomic E-state index is 2.64. The fourth-order valence-electron chi connectivity index (χ4n) is 8.82. The quantitative estimate of drug-likeness (QED) is 0.493. The van der Waals surface area contributed by atoms with E-state index in [-0.39, 0.29) is 0 Å². The van der Waals surface area contributed by atoms with Crippen LogP contribution in [0.2, 0.25) is 0 Å². The Balaban J connectivity index is 1.49. The van der Waals surface area contributed by atoms with Gasteiger partial charge in [0.15, 0.2) is 0 Å². The van der Waals surface area contributed by atoms with E-state index in [1.165, 1.54) is 0 Å². The zero-order chi connectivity index (χ0) is 14.6. The summed E-state index contributed by atoms with van der Waals surface area (Å²) in [6.45, 7) is 5.27. The van der Waals surface area contributed by atoms with E-state index in [9.17, 15) is 0 Å². The highest BCUT2D eigenvalue weighted by molar-refractivity contribution is 5.35. The van der Waals surface area contributed by atoms with Crippen molar-refractivity contribution in [1.29, 1.82) is 0 Å². The fourth-order valence-corrected chi connectivity index (χ4v) is 8.82. The third-order valence-corrected chi connectivity index (χ3v) is 9.49. The average molecular weight is 296 g/mol. The van der Waals surface area contributed by atoms with Gasteiger partial charge in [-0.15, -0.1) is 0 Å².